The molecule has 0 saturated heterocycles. The van der Waals surface area contributed by atoms with Crippen LogP contribution in [0.15, 0.2) is 16.2 Å². The predicted octanol–water partition coefficient (Wildman–Crippen LogP) is 0.778. The van der Waals surface area contributed by atoms with Crippen molar-refractivity contribution in [3.05, 3.63) is 38.8 Å². The van der Waals surface area contributed by atoms with E-state index >= 15 is 0 Å². The molecule has 7 nitrogen and oxygen atoms in total. The number of carbonyl (C=O) groups is 1. The maximum Gasteiger partial charge on any atom is 0.266 e. The highest BCUT2D eigenvalue weighted by Gasteiger charge is 2.20. The van der Waals surface area contributed by atoms with Crippen LogP contribution in [0.25, 0.3) is 0 Å². The molecular weight excluding hydrogens is 314 g/mol. The lowest BCUT2D eigenvalue weighted by molar-refractivity contribution is -0.116. The van der Waals surface area contributed by atoms with Gasteiger partial charge in [0.2, 0.25) is 5.91 Å². The quantitative estimate of drug-likeness (QED) is 0.830. The first-order valence-corrected chi connectivity index (χ1v) is 8.29. The van der Waals surface area contributed by atoms with E-state index in [-0.39, 0.29) is 11.5 Å². The van der Waals surface area contributed by atoms with Crippen LogP contribution >= 0.6 is 11.3 Å². The Kier molecular flexibility index (Phi) is 4.27. The van der Waals surface area contributed by atoms with Crippen molar-refractivity contribution in [3.63, 3.8) is 0 Å². The van der Waals surface area contributed by atoms with Gasteiger partial charge in [0.15, 0.2) is 5.13 Å². The van der Waals surface area contributed by atoms with Crippen LogP contribution in [0, 0.1) is 0 Å². The van der Waals surface area contributed by atoms with Gasteiger partial charge in [0.25, 0.3) is 5.56 Å². The lowest BCUT2D eigenvalue weighted by atomic mass is 10.1. The van der Waals surface area contributed by atoms with E-state index in [0.29, 0.717) is 18.2 Å². The number of thiazole rings is 1. The van der Waals surface area contributed by atoms with E-state index in [9.17, 15) is 9.59 Å². The number of hydrogen-bond acceptors (Lipinski definition) is 6. The third-order valence-electron chi connectivity index (χ3n) is 4.00. The maximum atomic E-state index is 11.7. The number of rotatable bonds is 3. The van der Waals surface area contributed by atoms with Gasteiger partial charge in [-0.25, -0.2) is 9.67 Å². The van der Waals surface area contributed by atoms with E-state index in [2.05, 4.69) is 15.0 Å². The molecule has 0 fully saturated rings. The van der Waals surface area contributed by atoms with E-state index in [1.807, 2.05) is 5.38 Å². The Morgan fingerprint density at radius 3 is 3.00 bits per heavy atom. The number of nitrogens with zero attached hydrogens (tertiary/aromatic N) is 5. The zero-order valence-corrected chi connectivity index (χ0v) is 14.3. The fourth-order valence-electron chi connectivity index (χ4n) is 2.57. The SMILES string of the molecule is CC(=O)N(C)c1nc(CN2CCc3nn(C)c(=O)cc3C2)cs1. The molecule has 0 bridgehead atoms. The Morgan fingerprint density at radius 1 is 1.48 bits per heavy atom. The van der Waals surface area contributed by atoms with Crippen molar-refractivity contribution in [2.45, 2.75) is 26.4 Å². The molecule has 1 amide bonds. The molecule has 3 heterocycles. The van der Waals surface area contributed by atoms with Crippen molar-refractivity contribution in [2.24, 2.45) is 7.05 Å². The third-order valence-corrected chi connectivity index (χ3v) is 4.97. The Morgan fingerprint density at radius 2 is 2.26 bits per heavy atom. The van der Waals surface area contributed by atoms with Gasteiger partial charge in [0.05, 0.1) is 11.4 Å². The van der Waals surface area contributed by atoms with Crippen LogP contribution in [0.4, 0.5) is 5.13 Å². The first kappa shape index (κ1) is 15.8. The minimum atomic E-state index is -0.0790. The highest BCUT2D eigenvalue weighted by molar-refractivity contribution is 7.14. The van der Waals surface area contributed by atoms with Gasteiger partial charge in [-0.05, 0) is 5.56 Å². The molecule has 2 aromatic heterocycles. The van der Waals surface area contributed by atoms with Gasteiger partial charge in [-0.1, -0.05) is 0 Å². The van der Waals surface area contributed by atoms with Crippen LogP contribution in [-0.2, 0) is 31.4 Å². The molecule has 3 rings (SSSR count). The lowest BCUT2D eigenvalue weighted by Crippen LogP contribution is -2.34. The highest BCUT2D eigenvalue weighted by Crippen LogP contribution is 2.22. The fraction of sp³-hybridized carbons (Fsp3) is 0.467. The van der Waals surface area contributed by atoms with Gasteiger partial charge in [0.1, 0.15) is 0 Å². The van der Waals surface area contributed by atoms with Crippen molar-refractivity contribution in [2.75, 3.05) is 18.5 Å². The summed E-state index contributed by atoms with van der Waals surface area (Å²) in [6.07, 6.45) is 0.827. The van der Waals surface area contributed by atoms with Crippen molar-refractivity contribution in [3.8, 4) is 0 Å². The summed E-state index contributed by atoms with van der Waals surface area (Å²) in [5, 5.41) is 7.01. The summed E-state index contributed by atoms with van der Waals surface area (Å²) < 4.78 is 1.39. The second kappa shape index (κ2) is 6.21. The molecule has 0 aromatic carbocycles. The van der Waals surface area contributed by atoms with E-state index in [1.165, 1.54) is 22.9 Å². The summed E-state index contributed by atoms with van der Waals surface area (Å²) in [4.78, 5) is 31.4. The minimum absolute atomic E-state index is 0.0280. The number of aryl methyl sites for hydroxylation is 1. The fourth-order valence-corrected chi connectivity index (χ4v) is 3.40. The van der Waals surface area contributed by atoms with Crippen LogP contribution in [0.5, 0.6) is 0 Å². The molecule has 122 valence electrons. The Labute approximate surface area is 138 Å². The first-order valence-electron chi connectivity index (χ1n) is 7.41. The maximum absolute atomic E-state index is 11.7. The van der Waals surface area contributed by atoms with E-state index < -0.39 is 0 Å². The Balaban J connectivity index is 1.71. The van der Waals surface area contributed by atoms with Crippen molar-refractivity contribution in [1.82, 2.24) is 19.7 Å². The van der Waals surface area contributed by atoms with Crippen LogP contribution in [0.1, 0.15) is 23.9 Å². The monoisotopic (exact) mass is 333 g/mol. The number of carbonyl (C=O) groups excluding carboxylic acids is 1. The molecule has 0 N–H and O–H groups in total. The molecular formula is C15H19N5O2S. The van der Waals surface area contributed by atoms with Crippen LogP contribution in [0.2, 0.25) is 0 Å². The van der Waals surface area contributed by atoms with E-state index in [1.54, 1.807) is 25.1 Å². The molecule has 8 heteroatoms. The summed E-state index contributed by atoms with van der Waals surface area (Å²) in [5.41, 5.74) is 2.86. The molecule has 1 aliphatic rings. The number of amides is 1. The normalized spacial score (nSPS) is 14.6. The number of anilines is 1. The largest absolute Gasteiger partial charge is 0.293 e. The van der Waals surface area contributed by atoms with Crippen molar-refractivity contribution < 1.29 is 4.79 Å². The summed E-state index contributed by atoms with van der Waals surface area (Å²) in [6, 6.07) is 1.67. The molecule has 2 aromatic rings. The third kappa shape index (κ3) is 3.32. The average Bonchev–Trinajstić information content (AvgIpc) is 2.96. The topological polar surface area (TPSA) is 71.3 Å². The molecule has 0 atom stereocenters. The average molecular weight is 333 g/mol. The standard InChI is InChI=1S/C15H19N5O2S/c1-10(21)18(2)15-16-12(9-23-15)8-20-5-4-13-11(7-20)6-14(22)19(3)17-13/h6,9H,4-5,7-8H2,1-3H3. The van der Waals surface area contributed by atoms with Crippen LogP contribution < -0.4 is 10.5 Å². The van der Waals surface area contributed by atoms with Gasteiger partial charge >= 0.3 is 0 Å². The zero-order valence-electron chi connectivity index (χ0n) is 13.4. The predicted molar refractivity (Wildman–Crippen MR) is 88.5 cm³/mol. The lowest BCUT2D eigenvalue weighted by Gasteiger charge is -2.27. The van der Waals surface area contributed by atoms with Crippen molar-refractivity contribution >= 4 is 22.4 Å². The molecule has 23 heavy (non-hydrogen) atoms. The van der Waals surface area contributed by atoms with Gasteiger partial charge in [0, 0.05) is 58.5 Å². The smallest absolute Gasteiger partial charge is 0.266 e. The molecule has 0 radical (unpaired) electrons. The zero-order chi connectivity index (χ0) is 16.6. The summed E-state index contributed by atoms with van der Waals surface area (Å²) in [7, 11) is 3.40. The van der Waals surface area contributed by atoms with Gasteiger partial charge in [-0.2, -0.15) is 5.10 Å². The number of aromatic nitrogens is 3. The van der Waals surface area contributed by atoms with Gasteiger partial charge in [-0.15, -0.1) is 11.3 Å². The van der Waals surface area contributed by atoms with Gasteiger partial charge < -0.3 is 0 Å². The summed E-state index contributed by atoms with van der Waals surface area (Å²) in [6.45, 7) is 3.81. The van der Waals surface area contributed by atoms with Crippen molar-refractivity contribution in [1.29, 1.82) is 0 Å². The van der Waals surface area contributed by atoms with Gasteiger partial charge in [-0.3, -0.25) is 19.4 Å². The molecule has 1 aliphatic heterocycles. The molecule has 0 saturated carbocycles. The second-order valence-corrected chi connectivity index (χ2v) is 6.57. The Bertz CT molecular complexity index is 797. The first-order chi connectivity index (χ1) is 10.9. The Hall–Kier alpha value is -2.06. The van der Waals surface area contributed by atoms with Crippen LogP contribution in [-0.4, -0.2) is 39.2 Å². The van der Waals surface area contributed by atoms with Crippen LogP contribution in [0.3, 0.4) is 0 Å². The molecule has 0 aliphatic carbocycles. The number of fused-ring (bicyclic) bond motifs is 1. The second-order valence-electron chi connectivity index (χ2n) is 5.74. The van der Waals surface area contributed by atoms with E-state index in [0.717, 1.165) is 29.9 Å². The summed E-state index contributed by atoms with van der Waals surface area (Å²) in [5.74, 6) is -0.0280. The highest BCUT2D eigenvalue weighted by atomic mass is 32.1. The van der Waals surface area contributed by atoms with E-state index in [4.69, 9.17) is 0 Å². The molecule has 0 unspecified atom stereocenters. The summed E-state index contributed by atoms with van der Waals surface area (Å²) >= 11 is 1.47. The number of hydrogen-bond donors (Lipinski definition) is 0. The molecule has 0 spiro atoms. The minimum Gasteiger partial charge on any atom is -0.293 e.